The van der Waals surface area contributed by atoms with Crippen molar-refractivity contribution >= 4 is 17.7 Å². The van der Waals surface area contributed by atoms with Crippen molar-refractivity contribution in [1.82, 2.24) is 20.5 Å². The summed E-state index contributed by atoms with van der Waals surface area (Å²) in [6.45, 7) is 4.65. The van der Waals surface area contributed by atoms with Gasteiger partial charge in [0.15, 0.2) is 5.82 Å². The fourth-order valence-corrected chi connectivity index (χ4v) is 3.61. The summed E-state index contributed by atoms with van der Waals surface area (Å²) < 4.78 is 5.73. The van der Waals surface area contributed by atoms with Crippen LogP contribution in [-0.4, -0.2) is 32.9 Å². The molecule has 2 N–H and O–H groups in total. The van der Waals surface area contributed by atoms with Crippen molar-refractivity contribution in [1.29, 1.82) is 0 Å². The summed E-state index contributed by atoms with van der Waals surface area (Å²) in [5.41, 5.74) is 1.28. The van der Waals surface area contributed by atoms with E-state index < -0.39 is 0 Å². The van der Waals surface area contributed by atoms with E-state index in [2.05, 4.69) is 46.5 Å². The summed E-state index contributed by atoms with van der Waals surface area (Å²) in [7, 11) is 0. The number of benzene rings is 1. The highest BCUT2D eigenvalue weighted by Gasteiger charge is 2.17. The van der Waals surface area contributed by atoms with Crippen molar-refractivity contribution in [3.8, 4) is 5.75 Å². The third kappa shape index (κ3) is 5.49. The quantitative estimate of drug-likeness (QED) is 0.689. The maximum Gasteiger partial charge on any atom is 0.230 e. The van der Waals surface area contributed by atoms with E-state index in [4.69, 9.17) is 4.74 Å². The number of carbonyl (C=O) groups is 1. The van der Waals surface area contributed by atoms with Crippen LogP contribution in [0.3, 0.4) is 0 Å². The van der Waals surface area contributed by atoms with Gasteiger partial charge in [0.2, 0.25) is 11.1 Å². The molecule has 7 heteroatoms. The highest BCUT2D eigenvalue weighted by Crippen LogP contribution is 2.20. The molecule has 2 aromatic rings. The fourth-order valence-electron chi connectivity index (χ4n) is 2.98. The molecule has 0 radical (unpaired) electrons. The fraction of sp³-hybridized carbons (Fsp3) is 0.526. The minimum absolute atomic E-state index is 0.0507. The van der Waals surface area contributed by atoms with E-state index in [0.29, 0.717) is 35.3 Å². The van der Waals surface area contributed by atoms with Crippen molar-refractivity contribution in [2.24, 2.45) is 0 Å². The zero-order valence-corrected chi connectivity index (χ0v) is 16.1. The molecule has 6 nitrogen and oxygen atoms in total. The third-order valence-corrected chi connectivity index (χ3v) is 5.33. The highest BCUT2D eigenvalue weighted by molar-refractivity contribution is 7.99. The van der Waals surface area contributed by atoms with Crippen molar-refractivity contribution in [3.63, 3.8) is 0 Å². The molecule has 1 aliphatic rings. The lowest BCUT2D eigenvalue weighted by Crippen LogP contribution is -2.33. The van der Waals surface area contributed by atoms with Gasteiger partial charge in [-0.25, -0.2) is 4.98 Å². The second-order valence-electron chi connectivity index (χ2n) is 6.91. The zero-order chi connectivity index (χ0) is 18.4. The Morgan fingerprint density at radius 1 is 1.31 bits per heavy atom. The van der Waals surface area contributed by atoms with Gasteiger partial charge >= 0.3 is 0 Å². The number of hydrogen-bond acceptors (Lipinski definition) is 5. The first kappa shape index (κ1) is 18.8. The molecule has 0 spiro atoms. The van der Waals surface area contributed by atoms with Gasteiger partial charge in [-0.1, -0.05) is 50.6 Å². The van der Waals surface area contributed by atoms with E-state index in [0.717, 1.165) is 18.6 Å². The second kappa shape index (κ2) is 9.07. The van der Waals surface area contributed by atoms with E-state index >= 15 is 0 Å². The summed E-state index contributed by atoms with van der Waals surface area (Å²) in [6.07, 6.45) is 4.61. The molecular weight excluding hydrogens is 348 g/mol. The Labute approximate surface area is 158 Å². The van der Waals surface area contributed by atoms with Crippen LogP contribution in [0.4, 0.5) is 0 Å². The van der Waals surface area contributed by atoms with Gasteiger partial charge < -0.3 is 10.1 Å². The van der Waals surface area contributed by atoms with Crippen molar-refractivity contribution < 1.29 is 9.53 Å². The van der Waals surface area contributed by atoms with Gasteiger partial charge in [0.1, 0.15) is 12.4 Å². The lowest BCUT2D eigenvalue weighted by molar-refractivity contribution is -0.119. The number of rotatable bonds is 8. The topological polar surface area (TPSA) is 79.9 Å². The van der Waals surface area contributed by atoms with Gasteiger partial charge in [0.25, 0.3) is 0 Å². The van der Waals surface area contributed by atoms with E-state index in [1.54, 1.807) is 0 Å². The molecule has 0 unspecified atom stereocenters. The van der Waals surface area contributed by atoms with Crippen LogP contribution in [0.5, 0.6) is 5.75 Å². The Hall–Kier alpha value is -2.02. The van der Waals surface area contributed by atoms with E-state index in [9.17, 15) is 4.79 Å². The second-order valence-corrected chi connectivity index (χ2v) is 7.86. The van der Waals surface area contributed by atoms with Crippen molar-refractivity contribution in [3.05, 3.63) is 35.7 Å². The Balaban J connectivity index is 1.41. The van der Waals surface area contributed by atoms with Crippen LogP contribution in [0, 0.1) is 0 Å². The zero-order valence-electron chi connectivity index (χ0n) is 15.3. The highest BCUT2D eigenvalue weighted by atomic mass is 32.2. The maximum absolute atomic E-state index is 11.9. The molecule has 1 saturated carbocycles. The molecule has 1 fully saturated rings. The number of aromatic nitrogens is 3. The number of thioether (sulfide) groups is 1. The Morgan fingerprint density at radius 2 is 2.04 bits per heavy atom. The lowest BCUT2D eigenvalue weighted by Gasteiger charge is -2.10. The van der Waals surface area contributed by atoms with Gasteiger partial charge in [-0.2, -0.15) is 0 Å². The standard InChI is InChI=1S/C19H26N4O2S/c1-13(2)14-7-9-16(10-8-14)25-11-17-21-19(23-22-17)26-12-18(24)20-15-5-3-4-6-15/h7-10,13,15H,3-6,11-12H2,1-2H3,(H,20,24)(H,21,22,23). The number of H-pyrrole nitrogens is 1. The molecule has 0 atom stereocenters. The molecule has 1 aliphatic carbocycles. The van der Waals surface area contributed by atoms with Crippen molar-refractivity contribution in [2.75, 3.05) is 5.75 Å². The predicted octanol–water partition coefficient (Wildman–Crippen LogP) is 3.66. The number of ether oxygens (including phenoxy) is 1. The molecule has 1 aromatic carbocycles. The Bertz CT molecular complexity index is 709. The van der Waals surface area contributed by atoms with Crippen molar-refractivity contribution in [2.45, 2.75) is 63.3 Å². The first-order chi connectivity index (χ1) is 12.6. The van der Waals surface area contributed by atoms with E-state index in [-0.39, 0.29) is 5.91 Å². The molecule has 140 valence electrons. The van der Waals surface area contributed by atoms with Gasteiger partial charge in [-0.15, -0.1) is 5.10 Å². The van der Waals surface area contributed by atoms with Crippen LogP contribution in [0.15, 0.2) is 29.4 Å². The van der Waals surface area contributed by atoms with Crippen LogP contribution < -0.4 is 10.1 Å². The van der Waals surface area contributed by atoms with E-state index in [1.165, 1.54) is 30.2 Å². The molecule has 0 saturated heterocycles. The normalized spacial score (nSPS) is 14.7. The lowest BCUT2D eigenvalue weighted by atomic mass is 10.0. The number of nitrogens with zero attached hydrogens (tertiary/aromatic N) is 2. The average molecular weight is 375 g/mol. The monoisotopic (exact) mass is 374 g/mol. The molecular formula is C19H26N4O2S. The van der Waals surface area contributed by atoms with Gasteiger partial charge in [0, 0.05) is 6.04 Å². The number of amides is 1. The molecule has 3 rings (SSSR count). The van der Waals surface area contributed by atoms with Gasteiger partial charge in [-0.05, 0) is 36.5 Å². The number of nitrogens with one attached hydrogen (secondary N) is 2. The molecule has 1 aromatic heterocycles. The summed E-state index contributed by atoms with van der Waals surface area (Å²) in [5, 5.41) is 10.6. The van der Waals surface area contributed by atoms with Gasteiger partial charge in [-0.3, -0.25) is 9.89 Å². The number of hydrogen-bond donors (Lipinski definition) is 2. The summed E-state index contributed by atoms with van der Waals surface area (Å²) in [5.74, 6) is 2.34. The molecule has 26 heavy (non-hydrogen) atoms. The minimum Gasteiger partial charge on any atom is -0.486 e. The molecule has 0 bridgehead atoms. The van der Waals surface area contributed by atoms with Crippen LogP contribution in [0.1, 0.15) is 56.8 Å². The summed E-state index contributed by atoms with van der Waals surface area (Å²) >= 11 is 1.34. The minimum atomic E-state index is 0.0507. The molecule has 1 heterocycles. The Kier molecular flexibility index (Phi) is 6.55. The van der Waals surface area contributed by atoms with Gasteiger partial charge in [0.05, 0.1) is 5.75 Å². The largest absolute Gasteiger partial charge is 0.486 e. The smallest absolute Gasteiger partial charge is 0.230 e. The average Bonchev–Trinajstić information content (AvgIpc) is 3.30. The number of carbonyl (C=O) groups excluding carboxylic acids is 1. The Morgan fingerprint density at radius 3 is 2.73 bits per heavy atom. The first-order valence-electron chi connectivity index (χ1n) is 9.16. The predicted molar refractivity (Wildman–Crippen MR) is 102 cm³/mol. The van der Waals surface area contributed by atoms with Crippen LogP contribution in [0.25, 0.3) is 0 Å². The third-order valence-electron chi connectivity index (χ3n) is 4.49. The SMILES string of the molecule is CC(C)c1ccc(OCc2nc(SCC(=O)NC3CCCC3)n[nH]2)cc1. The number of aromatic amines is 1. The molecule has 0 aliphatic heterocycles. The van der Waals surface area contributed by atoms with E-state index in [1.807, 2.05) is 12.1 Å². The first-order valence-corrected chi connectivity index (χ1v) is 10.1. The van der Waals surface area contributed by atoms with Crippen LogP contribution >= 0.6 is 11.8 Å². The summed E-state index contributed by atoms with van der Waals surface area (Å²) in [6, 6.07) is 8.43. The van der Waals surface area contributed by atoms with Crippen LogP contribution in [-0.2, 0) is 11.4 Å². The molecule has 1 amide bonds. The maximum atomic E-state index is 11.9. The van der Waals surface area contributed by atoms with Crippen LogP contribution in [0.2, 0.25) is 0 Å². The summed E-state index contributed by atoms with van der Waals surface area (Å²) in [4.78, 5) is 16.3.